The van der Waals surface area contributed by atoms with E-state index >= 15 is 0 Å². The zero-order chi connectivity index (χ0) is 15.4. The number of fused-ring (bicyclic) bond motifs is 2. The minimum absolute atomic E-state index is 0.289. The van der Waals surface area contributed by atoms with Crippen LogP contribution in [-0.2, 0) is 12.8 Å². The Kier molecular flexibility index (Phi) is 2.95. The molecule has 1 aliphatic heterocycles. The quantitative estimate of drug-likeness (QED) is 0.874. The van der Waals surface area contributed by atoms with Crippen LogP contribution in [0.5, 0.6) is 11.5 Å². The first-order chi connectivity index (χ1) is 10.6. The maximum absolute atomic E-state index is 10.8. The Morgan fingerprint density at radius 1 is 1.23 bits per heavy atom. The number of hydrogen-bond acceptors (Lipinski definition) is 3. The lowest BCUT2D eigenvalue weighted by Gasteiger charge is -2.40. The van der Waals surface area contributed by atoms with Crippen LogP contribution in [0, 0.1) is 6.92 Å². The Labute approximate surface area is 131 Å². The van der Waals surface area contributed by atoms with Gasteiger partial charge < -0.3 is 9.84 Å². The first-order valence-corrected chi connectivity index (χ1v) is 7.83. The smallest absolute Gasteiger partial charge is 0.166 e. The van der Waals surface area contributed by atoms with Crippen molar-refractivity contribution in [3.8, 4) is 22.6 Å². The van der Waals surface area contributed by atoms with E-state index in [9.17, 15) is 5.11 Å². The molecular weight excluding hydrogens is 274 g/mol. The van der Waals surface area contributed by atoms with Crippen molar-refractivity contribution in [3.05, 3.63) is 46.5 Å². The monoisotopic (exact) mass is 295 g/mol. The first kappa shape index (κ1) is 13.6. The number of phenols is 1. The third-order valence-corrected chi connectivity index (χ3v) is 5.23. The van der Waals surface area contributed by atoms with E-state index in [-0.39, 0.29) is 5.75 Å². The highest BCUT2D eigenvalue weighted by molar-refractivity contribution is 5.85. The molecule has 0 bridgehead atoms. The highest BCUT2D eigenvalue weighted by Gasteiger charge is 2.36. The maximum Gasteiger partial charge on any atom is 0.166 e. The second-order valence-electron chi connectivity index (χ2n) is 6.43. The molecule has 2 aromatic rings. The van der Waals surface area contributed by atoms with Gasteiger partial charge >= 0.3 is 0 Å². The lowest BCUT2D eigenvalue weighted by atomic mass is 9.75. The van der Waals surface area contributed by atoms with Gasteiger partial charge in [0.25, 0.3) is 0 Å². The minimum Gasteiger partial charge on any atom is -0.504 e. The Morgan fingerprint density at radius 2 is 2.05 bits per heavy atom. The molecule has 1 heterocycles. The summed E-state index contributed by atoms with van der Waals surface area (Å²) >= 11 is 0. The average molecular weight is 295 g/mol. The molecule has 0 radical (unpaired) electrons. The number of benzene rings is 2. The van der Waals surface area contributed by atoms with Crippen LogP contribution in [0.25, 0.3) is 11.1 Å². The third kappa shape index (κ3) is 1.72. The summed E-state index contributed by atoms with van der Waals surface area (Å²) in [6.45, 7) is 3.17. The molecule has 1 unspecified atom stereocenters. The molecule has 0 fully saturated rings. The van der Waals surface area contributed by atoms with Gasteiger partial charge in [-0.3, -0.25) is 4.90 Å². The summed E-state index contributed by atoms with van der Waals surface area (Å²) in [6, 6.07) is 8.80. The molecule has 2 aromatic carbocycles. The van der Waals surface area contributed by atoms with Crippen LogP contribution < -0.4 is 4.74 Å². The van der Waals surface area contributed by atoms with E-state index in [1.54, 1.807) is 7.11 Å². The molecule has 0 spiro atoms. The number of phenolic OH excluding ortho intramolecular Hbond substituents is 1. The number of ether oxygens (including phenoxy) is 1. The zero-order valence-corrected chi connectivity index (χ0v) is 13.3. The highest BCUT2D eigenvalue weighted by atomic mass is 16.5. The first-order valence-electron chi connectivity index (χ1n) is 7.83. The SMILES string of the molecule is COc1cc2c3c(c1O)-c1c(C)cccc1CC3N(C)CC2. The van der Waals surface area contributed by atoms with Crippen LogP contribution in [0.1, 0.15) is 28.3 Å². The third-order valence-electron chi connectivity index (χ3n) is 5.23. The molecule has 3 heteroatoms. The van der Waals surface area contributed by atoms with Gasteiger partial charge in [-0.2, -0.15) is 0 Å². The molecule has 0 saturated carbocycles. The Morgan fingerprint density at radius 3 is 2.82 bits per heavy atom. The lowest BCUT2D eigenvalue weighted by molar-refractivity contribution is 0.227. The summed E-state index contributed by atoms with van der Waals surface area (Å²) in [5.74, 6) is 0.880. The molecule has 1 N–H and O–H groups in total. The van der Waals surface area contributed by atoms with E-state index in [2.05, 4.69) is 37.1 Å². The summed E-state index contributed by atoms with van der Waals surface area (Å²) in [4.78, 5) is 2.41. The maximum atomic E-state index is 10.8. The summed E-state index contributed by atoms with van der Waals surface area (Å²) < 4.78 is 5.43. The molecule has 0 aromatic heterocycles. The van der Waals surface area contributed by atoms with Crippen molar-refractivity contribution >= 4 is 0 Å². The molecule has 4 rings (SSSR count). The zero-order valence-electron chi connectivity index (χ0n) is 13.3. The number of likely N-dealkylation sites (N-methyl/N-ethyl adjacent to an activating group) is 1. The van der Waals surface area contributed by atoms with Gasteiger partial charge in [0, 0.05) is 18.2 Å². The van der Waals surface area contributed by atoms with Crippen LogP contribution in [0.2, 0.25) is 0 Å². The number of methoxy groups -OCH3 is 1. The van der Waals surface area contributed by atoms with E-state index in [0.717, 1.165) is 24.9 Å². The topological polar surface area (TPSA) is 32.7 Å². The van der Waals surface area contributed by atoms with Crippen molar-refractivity contribution in [3.63, 3.8) is 0 Å². The van der Waals surface area contributed by atoms with Gasteiger partial charge in [0.1, 0.15) is 0 Å². The second kappa shape index (κ2) is 4.75. The van der Waals surface area contributed by atoms with Gasteiger partial charge in [-0.15, -0.1) is 0 Å². The molecule has 1 atom stereocenters. The van der Waals surface area contributed by atoms with Crippen LogP contribution in [0.3, 0.4) is 0 Å². The Hall–Kier alpha value is -2.00. The lowest BCUT2D eigenvalue weighted by Crippen LogP contribution is -2.35. The number of rotatable bonds is 1. The van der Waals surface area contributed by atoms with Crippen LogP contribution in [0.4, 0.5) is 0 Å². The van der Waals surface area contributed by atoms with Gasteiger partial charge in [0.2, 0.25) is 0 Å². The van der Waals surface area contributed by atoms with Crippen molar-refractivity contribution in [1.29, 1.82) is 0 Å². The van der Waals surface area contributed by atoms with E-state index in [0.29, 0.717) is 11.8 Å². The summed E-state index contributed by atoms with van der Waals surface area (Å²) in [7, 11) is 3.81. The predicted octanol–water partition coefficient (Wildman–Crippen LogP) is 3.46. The number of nitrogens with zero attached hydrogens (tertiary/aromatic N) is 1. The fraction of sp³-hybridized carbons (Fsp3) is 0.368. The molecule has 2 aliphatic rings. The van der Waals surface area contributed by atoms with Crippen molar-refractivity contribution in [2.24, 2.45) is 0 Å². The summed E-state index contributed by atoms with van der Waals surface area (Å²) in [5.41, 5.74) is 7.35. The van der Waals surface area contributed by atoms with Gasteiger partial charge in [-0.25, -0.2) is 0 Å². The van der Waals surface area contributed by atoms with Crippen molar-refractivity contribution in [2.75, 3.05) is 20.7 Å². The average Bonchev–Trinajstić information content (AvgIpc) is 2.52. The normalized spacial score (nSPS) is 19.5. The van der Waals surface area contributed by atoms with E-state index in [4.69, 9.17) is 4.74 Å². The standard InChI is InChI=1S/C19H21NO2/c1-11-5-4-6-12-9-14-17-13(7-8-20(14)2)10-15(22-3)19(21)18(17)16(11)12/h4-6,10,14,21H,7-9H2,1-3H3. The van der Waals surface area contributed by atoms with Gasteiger partial charge in [0.05, 0.1) is 7.11 Å². The predicted molar refractivity (Wildman–Crippen MR) is 87.6 cm³/mol. The van der Waals surface area contributed by atoms with Gasteiger partial charge in [-0.1, -0.05) is 18.2 Å². The molecular formula is C19H21NO2. The largest absolute Gasteiger partial charge is 0.504 e. The van der Waals surface area contributed by atoms with Crippen LogP contribution in [-0.4, -0.2) is 30.7 Å². The van der Waals surface area contributed by atoms with Crippen molar-refractivity contribution in [1.82, 2.24) is 4.90 Å². The van der Waals surface area contributed by atoms with Crippen LogP contribution in [0.15, 0.2) is 24.3 Å². The number of aryl methyl sites for hydroxylation is 1. The van der Waals surface area contributed by atoms with Gasteiger partial charge in [-0.05, 0) is 60.7 Å². The molecule has 114 valence electrons. The van der Waals surface area contributed by atoms with Gasteiger partial charge in [0.15, 0.2) is 11.5 Å². The van der Waals surface area contributed by atoms with E-state index < -0.39 is 0 Å². The number of aromatic hydroxyl groups is 1. The fourth-order valence-electron chi connectivity index (χ4n) is 4.11. The summed E-state index contributed by atoms with van der Waals surface area (Å²) in [6.07, 6.45) is 2.02. The molecule has 22 heavy (non-hydrogen) atoms. The molecule has 0 saturated heterocycles. The van der Waals surface area contributed by atoms with Crippen LogP contribution >= 0.6 is 0 Å². The van der Waals surface area contributed by atoms with Crippen molar-refractivity contribution in [2.45, 2.75) is 25.8 Å². The minimum atomic E-state index is 0.289. The fourth-order valence-corrected chi connectivity index (χ4v) is 4.11. The Bertz CT molecular complexity index is 767. The molecule has 0 amide bonds. The summed E-state index contributed by atoms with van der Waals surface area (Å²) in [5, 5.41) is 10.8. The Balaban J connectivity index is 2.11. The second-order valence-corrected chi connectivity index (χ2v) is 6.43. The van der Waals surface area contributed by atoms with E-state index in [1.807, 2.05) is 6.07 Å². The number of hydrogen-bond donors (Lipinski definition) is 1. The van der Waals surface area contributed by atoms with E-state index in [1.165, 1.54) is 27.8 Å². The van der Waals surface area contributed by atoms with Crippen molar-refractivity contribution < 1.29 is 9.84 Å². The molecule has 1 aliphatic carbocycles. The highest BCUT2D eigenvalue weighted by Crippen LogP contribution is 2.52. The molecule has 3 nitrogen and oxygen atoms in total.